The van der Waals surface area contributed by atoms with Crippen molar-refractivity contribution in [3.8, 4) is 0 Å². The van der Waals surface area contributed by atoms with Crippen LogP contribution >= 0.6 is 50.5 Å². The second-order valence-corrected chi connectivity index (χ2v) is 6.11. The van der Waals surface area contributed by atoms with Crippen molar-refractivity contribution in [3.63, 3.8) is 0 Å². The molecule has 0 spiro atoms. The lowest BCUT2D eigenvalue weighted by atomic mass is 10.1. The number of halogens is 3. The van der Waals surface area contributed by atoms with E-state index in [0.717, 1.165) is 14.9 Å². The maximum absolute atomic E-state index is 6.00. The minimum absolute atomic E-state index is 0.0823. The zero-order chi connectivity index (χ0) is 12.4. The van der Waals surface area contributed by atoms with Gasteiger partial charge in [-0.2, -0.15) is 0 Å². The van der Waals surface area contributed by atoms with E-state index in [4.69, 9.17) is 29.0 Å². The van der Waals surface area contributed by atoms with Crippen LogP contribution in [0.25, 0.3) is 0 Å². The molecule has 17 heavy (non-hydrogen) atoms. The van der Waals surface area contributed by atoms with Crippen molar-refractivity contribution in [2.45, 2.75) is 6.04 Å². The monoisotopic (exact) mass is 350 g/mol. The largest absolute Gasteiger partial charge is 0.271 e. The Morgan fingerprint density at radius 3 is 2.53 bits per heavy atom. The van der Waals surface area contributed by atoms with Crippen molar-refractivity contribution in [2.75, 3.05) is 0 Å². The highest BCUT2D eigenvalue weighted by atomic mass is 79.9. The van der Waals surface area contributed by atoms with Crippen LogP contribution in [0.1, 0.15) is 16.5 Å². The van der Waals surface area contributed by atoms with Gasteiger partial charge in [-0.05, 0) is 39.7 Å². The van der Waals surface area contributed by atoms with E-state index in [-0.39, 0.29) is 6.04 Å². The van der Waals surface area contributed by atoms with Gasteiger partial charge in [0.15, 0.2) is 0 Å². The van der Waals surface area contributed by atoms with Gasteiger partial charge in [0.1, 0.15) is 0 Å². The Kier molecular flexibility index (Phi) is 4.47. The van der Waals surface area contributed by atoms with E-state index in [0.29, 0.717) is 10.0 Å². The summed E-state index contributed by atoms with van der Waals surface area (Å²) in [5.41, 5.74) is 3.77. The molecule has 3 N–H and O–H groups in total. The van der Waals surface area contributed by atoms with Gasteiger partial charge in [-0.15, -0.1) is 11.3 Å². The first kappa shape index (κ1) is 13.3. The number of hydrogen-bond donors (Lipinski definition) is 2. The third kappa shape index (κ3) is 3.02. The first-order valence-electron chi connectivity index (χ1n) is 4.77. The average molecular weight is 352 g/mol. The molecule has 0 fully saturated rings. The predicted molar refractivity (Wildman–Crippen MR) is 77.6 cm³/mol. The number of hydrazine groups is 1. The Morgan fingerprint density at radius 2 is 2.00 bits per heavy atom. The van der Waals surface area contributed by atoms with Gasteiger partial charge < -0.3 is 0 Å². The molecule has 1 aromatic heterocycles. The topological polar surface area (TPSA) is 38.0 Å². The predicted octanol–water partition coefficient (Wildman–Crippen LogP) is 4.37. The SMILES string of the molecule is NNC(c1ccc(Cl)c(Cl)c1)c1cc(Br)cs1. The molecule has 0 aliphatic rings. The summed E-state index contributed by atoms with van der Waals surface area (Å²) in [5.74, 6) is 5.60. The van der Waals surface area contributed by atoms with Crippen LogP contribution in [-0.4, -0.2) is 0 Å². The zero-order valence-corrected chi connectivity index (χ0v) is 12.5. The Morgan fingerprint density at radius 1 is 1.24 bits per heavy atom. The van der Waals surface area contributed by atoms with Crippen LogP contribution in [0, 0.1) is 0 Å². The van der Waals surface area contributed by atoms with Crippen molar-refractivity contribution in [2.24, 2.45) is 5.84 Å². The maximum Gasteiger partial charge on any atom is 0.0803 e. The standard InChI is InChI=1S/C11H9BrCl2N2S/c12-7-4-10(17-5-7)11(16-15)6-1-2-8(13)9(14)3-6/h1-5,11,16H,15H2. The van der Waals surface area contributed by atoms with Crippen LogP contribution in [0.2, 0.25) is 10.0 Å². The zero-order valence-electron chi connectivity index (χ0n) is 8.58. The summed E-state index contributed by atoms with van der Waals surface area (Å²) < 4.78 is 1.04. The molecule has 0 saturated heterocycles. The van der Waals surface area contributed by atoms with E-state index in [9.17, 15) is 0 Å². The summed E-state index contributed by atoms with van der Waals surface area (Å²) in [6.07, 6.45) is 0. The lowest BCUT2D eigenvalue weighted by molar-refractivity contribution is 0.646. The summed E-state index contributed by atoms with van der Waals surface area (Å²) in [6.45, 7) is 0. The summed E-state index contributed by atoms with van der Waals surface area (Å²) >= 11 is 16.9. The lowest BCUT2D eigenvalue weighted by Gasteiger charge is -2.15. The van der Waals surface area contributed by atoms with E-state index in [1.807, 2.05) is 23.6 Å². The molecule has 1 unspecified atom stereocenters. The Balaban J connectivity index is 2.38. The first-order valence-corrected chi connectivity index (χ1v) is 7.19. The molecule has 2 rings (SSSR count). The molecule has 0 aliphatic carbocycles. The molecule has 1 aromatic carbocycles. The van der Waals surface area contributed by atoms with Gasteiger partial charge in [0.05, 0.1) is 16.1 Å². The third-order valence-corrected chi connectivity index (χ3v) is 4.81. The maximum atomic E-state index is 6.00. The minimum Gasteiger partial charge on any atom is -0.271 e. The summed E-state index contributed by atoms with van der Waals surface area (Å²) in [4.78, 5) is 1.11. The highest BCUT2D eigenvalue weighted by molar-refractivity contribution is 9.10. The van der Waals surface area contributed by atoms with Crippen molar-refractivity contribution in [1.29, 1.82) is 0 Å². The number of nitrogens with two attached hydrogens (primary N) is 1. The molecule has 0 bridgehead atoms. The van der Waals surface area contributed by atoms with Crippen molar-refractivity contribution < 1.29 is 0 Å². The van der Waals surface area contributed by atoms with Crippen LogP contribution in [0.5, 0.6) is 0 Å². The highest BCUT2D eigenvalue weighted by Gasteiger charge is 2.15. The van der Waals surface area contributed by atoms with Crippen LogP contribution in [0.15, 0.2) is 34.1 Å². The molecule has 0 amide bonds. The molecule has 2 nitrogen and oxygen atoms in total. The fourth-order valence-electron chi connectivity index (χ4n) is 1.51. The van der Waals surface area contributed by atoms with Crippen molar-refractivity contribution in [1.82, 2.24) is 5.43 Å². The highest BCUT2D eigenvalue weighted by Crippen LogP contribution is 2.32. The second-order valence-electron chi connectivity index (χ2n) is 3.44. The number of nitrogens with one attached hydrogen (secondary N) is 1. The van der Waals surface area contributed by atoms with E-state index in [1.165, 1.54) is 0 Å². The van der Waals surface area contributed by atoms with E-state index in [1.54, 1.807) is 17.4 Å². The molecule has 90 valence electrons. The Bertz CT molecular complexity index is 530. The molecule has 6 heteroatoms. The van der Waals surface area contributed by atoms with E-state index >= 15 is 0 Å². The average Bonchev–Trinajstić information content (AvgIpc) is 2.71. The van der Waals surface area contributed by atoms with Gasteiger partial charge in [-0.25, -0.2) is 5.43 Å². The van der Waals surface area contributed by atoms with E-state index in [2.05, 4.69) is 21.4 Å². The van der Waals surface area contributed by atoms with Gasteiger partial charge in [0.25, 0.3) is 0 Å². The minimum atomic E-state index is -0.0823. The van der Waals surface area contributed by atoms with Crippen LogP contribution in [-0.2, 0) is 0 Å². The molecule has 1 atom stereocenters. The van der Waals surface area contributed by atoms with Gasteiger partial charge in [0.2, 0.25) is 0 Å². The van der Waals surface area contributed by atoms with Gasteiger partial charge >= 0.3 is 0 Å². The first-order chi connectivity index (χ1) is 8.11. The molecular formula is C11H9BrCl2N2S. The Labute approximate surface area is 122 Å². The van der Waals surface area contributed by atoms with E-state index < -0.39 is 0 Å². The van der Waals surface area contributed by atoms with Crippen LogP contribution < -0.4 is 11.3 Å². The summed E-state index contributed by atoms with van der Waals surface area (Å²) in [7, 11) is 0. The van der Waals surface area contributed by atoms with Crippen molar-refractivity contribution in [3.05, 3.63) is 54.6 Å². The summed E-state index contributed by atoms with van der Waals surface area (Å²) in [5, 5.41) is 3.08. The third-order valence-electron chi connectivity index (χ3n) is 2.32. The fourth-order valence-corrected chi connectivity index (χ4v) is 3.35. The van der Waals surface area contributed by atoms with Gasteiger partial charge in [-0.3, -0.25) is 5.84 Å². The molecule has 2 aromatic rings. The number of thiophene rings is 1. The second kappa shape index (κ2) is 5.69. The smallest absolute Gasteiger partial charge is 0.0803 e. The lowest BCUT2D eigenvalue weighted by Crippen LogP contribution is -2.28. The van der Waals surface area contributed by atoms with Crippen LogP contribution in [0.3, 0.4) is 0 Å². The molecule has 0 radical (unpaired) electrons. The van der Waals surface area contributed by atoms with Crippen LogP contribution in [0.4, 0.5) is 0 Å². The molecule has 0 aliphatic heterocycles. The molecule has 0 saturated carbocycles. The summed E-state index contributed by atoms with van der Waals surface area (Å²) in [6, 6.07) is 7.44. The fraction of sp³-hybridized carbons (Fsp3) is 0.0909. The number of benzene rings is 1. The number of hydrogen-bond acceptors (Lipinski definition) is 3. The quantitative estimate of drug-likeness (QED) is 0.636. The van der Waals surface area contributed by atoms with Crippen molar-refractivity contribution >= 4 is 50.5 Å². The van der Waals surface area contributed by atoms with Gasteiger partial charge in [0, 0.05) is 14.7 Å². The Hall–Kier alpha value is -0.100. The normalized spacial score (nSPS) is 12.7. The van der Waals surface area contributed by atoms with Gasteiger partial charge in [-0.1, -0.05) is 29.3 Å². The molecule has 1 heterocycles. The molecular weight excluding hydrogens is 343 g/mol. The number of rotatable bonds is 3.